The lowest BCUT2D eigenvalue weighted by Gasteiger charge is -2.47. The van der Waals surface area contributed by atoms with Gasteiger partial charge in [-0.25, -0.2) is 0 Å². The molecule has 0 aliphatic heterocycles. The Hall–Kier alpha value is -0.720. The van der Waals surface area contributed by atoms with Gasteiger partial charge in [-0.15, -0.1) is 0 Å². The summed E-state index contributed by atoms with van der Waals surface area (Å²) < 4.78 is 0. The third-order valence-corrected chi connectivity index (χ3v) is 4.43. The van der Waals surface area contributed by atoms with Gasteiger partial charge in [-0.1, -0.05) is 39.8 Å². The van der Waals surface area contributed by atoms with Crippen molar-refractivity contribution in [2.45, 2.75) is 59.8 Å². The lowest BCUT2D eigenvalue weighted by Crippen LogP contribution is -2.37. The first-order valence-corrected chi connectivity index (χ1v) is 6.98. The molecular formula is C16H27N. The molecule has 0 aromatic heterocycles. The van der Waals surface area contributed by atoms with E-state index in [1.807, 2.05) is 0 Å². The van der Waals surface area contributed by atoms with Crippen LogP contribution in [-0.4, -0.2) is 0 Å². The van der Waals surface area contributed by atoms with Gasteiger partial charge in [0, 0.05) is 5.70 Å². The van der Waals surface area contributed by atoms with Gasteiger partial charge in [-0.05, 0) is 54.4 Å². The van der Waals surface area contributed by atoms with Crippen LogP contribution in [-0.2, 0) is 0 Å². The Morgan fingerprint density at radius 1 is 1.24 bits per heavy atom. The van der Waals surface area contributed by atoms with Crippen molar-refractivity contribution in [3.63, 3.8) is 0 Å². The molecule has 2 aliphatic carbocycles. The zero-order valence-corrected chi connectivity index (χ0v) is 11.8. The Morgan fingerprint density at radius 3 is 2.53 bits per heavy atom. The molecule has 2 N–H and O–H groups in total. The lowest BCUT2D eigenvalue weighted by atomic mass is 9.58. The summed E-state index contributed by atoms with van der Waals surface area (Å²) in [6.45, 7) is 9.62. The molecule has 0 spiro atoms. The van der Waals surface area contributed by atoms with Crippen LogP contribution in [0.3, 0.4) is 0 Å². The van der Waals surface area contributed by atoms with Gasteiger partial charge < -0.3 is 5.73 Å². The molecule has 0 aromatic rings. The van der Waals surface area contributed by atoms with Crippen molar-refractivity contribution < 1.29 is 0 Å². The summed E-state index contributed by atoms with van der Waals surface area (Å²) in [7, 11) is 0. The first-order chi connectivity index (χ1) is 7.82. The quantitative estimate of drug-likeness (QED) is 0.713. The van der Waals surface area contributed by atoms with E-state index in [1.54, 1.807) is 0 Å². The largest absolute Gasteiger partial charge is 0.402 e. The summed E-state index contributed by atoms with van der Waals surface area (Å²) in [5.74, 6) is 0.805. The second-order valence-corrected chi connectivity index (χ2v) is 7.30. The maximum absolute atomic E-state index is 6.26. The van der Waals surface area contributed by atoms with Crippen LogP contribution in [0.4, 0.5) is 0 Å². The average Bonchev–Trinajstić information content (AvgIpc) is 2.13. The van der Waals surface area contributed by atoms with Gasteiger partial charge in [0.2, 0.25) is 0 Å². The summed E-state index contributed by atoms with van der Waals surface area (Å²) in [4.78, 5) is 0. The minimum Gasteiger partial charge on any atom is -0.402 e. The van der Waals surface area contributed by atoms with Crippen molar-refractivity contribution in [2.24, 2.45) is 22.5 Å². The van der Waals surface area contributed by atoms with Gasteiger partial charge in [0.1, 0.15) is 0 Å². The average molecular weight is 233 g/mol. The molecule has 2 atom stereocenters. The molecule has 0 amide bonds. The number of hydrogen-bond donors (Lipinski definition) is 1. The van der Waals surface area contributed by atoms with E-state index in [0.29, 0.717) is 10.8 Å². The van der Waals surface area contributed by atoms with Crippen LogP contribution in [0.25, 0.3) is 0 Å². The third-order valence-electron chi connectivity index (χ3n) is 4.43. The minimum absolute atomic E-state index is 0.294. The van der Waals surface area contributed by atoms with Crippen LogP contribution < -0.4 is 5.73 Å². The highest BCUT2D eigenvalue weighted by atomic mass is 14.6. The fourth-order valence-electron chi connectivity index (χ4n) is 4.46. The standard InChI is InChI=1S/C16H27N/c1-12-9-15(2,3)11-16(4,10-12)13-7-5-6-8-14(13)17/h5,7,12H,6,8-11,17H2,1-4H3/t12-,16?/m1/s1. The maximum Gasteiger partial charge on any atom is 0.0122 e. The van der Waals surface area contributed by atoms with Crippen LogP contribution in [0.1, 0.15) is 59.8 Å². The molecule has 1 unspecified atom stereocenters. The zero-order valence-electron chi connectivity index (χ0n) is 11.8. The van der Waals surface area contributed by atoms with Crippen molar-refractivity contribution >= 4 is 0 Å². The summed E-state index contributed by atoms with van der Waals surface area (Å²) in [5, 5.41) is 0. The Balaban J connectivity index is 2.32. The molecule has 1 saturated carbocycles. The Morgan fingerprint density at radius 2 is 1.94 bits per heavy atom. The summed E-state index contributed by atoms with van der Waals surface area (Å²) in [6.07, 6.45) is 10.7. The van der Waals surface area contributed by atoms with Crippen molar-refractivity contribution in [3.05, 3.63) is 23.4 Å². The van der Waals surface area contributed by atoms with Crippen LogP contribution in [0.5, 0.6) is 0 Å². The molecular weight excluding hydrogens is 206 g/mol. The van der Waals surface area contributed by atoms with Gasteiger partial charge in [0.25, 0.3) is 0 Å². The van der Waals surface area contributed by atoms with Gasteiger partial charge in [-0.2, -0.15) is 0 Å². The third kappa shape index (κ3) is 2.59. The highest BCUT2D eigenvalue weighted by Crippen LogP contribution is 2.53. The zero-order chi connectivity index (χ0) is 12.7. The van der Waals surface area contributed by atoms with Crippen LogP contribution in [0.2, 0.25) is 0 Å². The van der Waals surface area contributed by atoms with Gasteiger partial charge >= 0.3 is 0 Å². The monoisotopic (exact) mass is 233 g/mol. The van der Waals surface area contributed by atoms with Crippen LogP contribution in [0, 0.1) is 16.7 Å². The van der Waals surface area contributed by atoms with E-state index in [-0.39, 0.29) is 0 Å². The van der Waals surface area contributed by atoms with Crippen molar-refractivity contribution in [1.29, 1.82) is 0 Å². The second-order valence-electron chi connectivity index (χ2n) is 7.30. The van der Waals surface area contributed by atoms with Crippen LogP contribution in [0.15, 0.2) is 23.4 Å². The fraction of sp³-hybridized carbons (Fsp3) is 0.750. The van der Waals surface area contributed by atoms with Gasteiger partial charge in [0.05, 0.1) is 0 Å². The molecule has 0 bridgehead atoms. The summed E-state index contributed by atoms with van der Waals surface area (Å²) in [6, 6.07) is 0. The first-order valence-electron chi connectivity index (χ1n) is 6.98. The molecule has 96 valence electrons. The molecule has 0 heterocycles. The topological polar surface area (TPSA) is 26.0 Å². The normalized spacial score (nSPS) is 37.3. The number of hydrogen-bond acceptors (Lipinski definition) is 1. The number of rotatable bonds is 1. The number of allylic oxidation sites excluding steroid dienone is 4. The molecule has 0 radical (unpaired) electrons. The van der Waals surface area contributed by atoms with Gasteiger partial charge in [0.15, 0.2) is 0 Å². The summed E-state index contributed by atoms with van der Waals surface area (Å²) >= 11 is 0. The molecule has 1 heteroatoms. The number of nitrogens with two attached hydrogens (primary N) is 1. The van der Waals surface area contributed by atoms with Crippen molar-refractivity contribution in [2.75, 3.05) is 0 Å². The van der Waals surface area contributed by atoms with E-state index < -0.39 is 0 Å². The summed E-state index contributed by atoms with van der Waals surface area (Å²) in [5.41, 5.74) is 9.57. The van der Waals surface area contributed by atoms with E-state index in [0.717, 1.165) is 24.5 Å². The Bertz CT molecular complexity index is 362. The van der Waals surface area contributed by atoms with Crippen molar-refractivity contribution in [3.8, 4) is 0 Å². The van der Waals surface area contributed by atoms with E-state index in [2.05, 4.69) is 39.8 Å². The van der Waals surface area contributed by atoms with E-state index in [9.17, 15) is 0 Å². The van der Waals surface area contributed by atoms with E-state index >= 15 is 0 Å². The molecule has 2 rings (SSSR count). The first kappa shape index (κ1) is 12.7. The molecule has 2 aliphatic rings. The smallest absolute Gasteiger partial charge is 0.0122 e. The molecule has 0 saturated heterocycles. The lowest BCUT2D eigenvalue weighted by molar-refractivity contribution is 0.0888. The minimum atomic E-state index is 0.294. The SMILES string of the molecule is C[C@@H]1CC(C)(C)CC(C)(C2=C(N)CCC=C2)C1. The Kier molecular flexibility index (Phi) is 3.14. The van der Waals surface area contributed by atoms with Crippen molar-refractivity contribution in [1.82, 2.24) is 0 Å². The molecule has 0 aromatic carbocycles. The second kappa shape index (κ2) is 4.19. The predicted molar refractivity (Wildman–Crippen MR) is 74.5 cm³/mol. The van der Waals surface area contributed by atoms with E-state index in [1.165, 1.54) is 24.8 Å². The Labute approximate surface area is 106 Å². The molecule has 1 fully saturated rings. The van der Waals surface area contributed by atoms with Crippen LogP contribution >= 0.6 is 0 Å². The van der Waals surface area contributed by atoms with E-state index in [4.69, 9.17) is 5.73 Å². The highest BCUT2D eigenvalue weighted by molar-refractivity contribution is 5.34. The molecule has 1 nitrogen and oxygen atoms in total. The molecule has 17 heavy (non-hydrogen) atoms. The van der Waals surface area contributed by atoms with Gasteiger partial charge in [-0.3, -0.25) is 0 Å². The fourth-order valence-corrected chi connectivity index (χ4v) is 4.46. The predicted octanol–water partition coefficient (Wildman–Crippen LogP) is 4.40. The highest BCUT2D eigenvalue weighted by Gasteiger charge is 2.42. The maximum atomic E-state index is 6.26.